The van der Waals surface area contributed by atoms with E-state index in [2.05, 4.69) is 11.8 Å². The number of hydrogen-bond donors (Lipinski definition) is 1. The molecule has 0 saturated carbocycles. The summed E-state index contributed by atoms with van der Waals surface area (Å²) in [7, 11) is 4.05. The third-order valence-corrected chi connectivity index (χ3v) is 3.43. The van der Waals surface area contributed by atoms with Crippen LogP contribution in [-0.4, -0.2) is 36.2 Å². The van der Waals surface area contributed by atoms with Gasteiger partial charge in [-0.2, -0.15) is 0 Å². The van der Waals surface area contributed by atoms with Crippen molar-refractivity contribution in [2.75, 3.05) is 20.6 Å². The molecule has 17 heavy (non-hydrogen) atoms. The molecule has 3 heteroatoms. The Balaban J connectivity index is 2.68. The van der Waals surface area contributed by atoms with Crippen LogP contribution in [0.5, 0.6) is 0 Å². The molecule has 2 nitrogen and oxygen atoms in total. The van der Waals surface area contributed by atoms with Gasteiger partial charge in [-0.05, 0) is 44.6 Å². The third-order valence-electron chi connectivity index (χ3n) is 3.18. The summed E-state index contributed by atoms with van der Waals surface area (Å²) in [5, 5.41) is 11.2. The summed E-state index contributed by atoms with van der Waals surface area (Å²) in [5.41, 5.74) is 0.419. The van der Waals surface area contributed by atoms with Crippen LogP contribution in [0.15, 0.2) is 24.3 Å². The minimum Gasteiger partial charge on any atom is -0.390 e. The van der Waals surface area contributed by atoms with E-state index in [4.69, 9.17) is 11.6 Å². The van der Waals surface area contributed by atoms with Crippen molar-refractivity contribution in [3.8, 4) is 0 Å². The van der Waals surface area contributed by atoms with E-state index >= 15 is 0 Å². The molecular weight excluding hydrogens is 234 g/mol. The lowest BCUT2D eigenvalue weighted by Crippen LogP contribution is -2.40. The molecule has 0 amide bonds. The fourth-order valence-electron chi connectivity index (χ4n) is 1.93. The predicted octanol–water partition coefficient (Wildman–Crippen LogP) is 2.83. The van der Waals surface area contributed by atoms with Crippen molar-refractivity contribution in [2.45, 2.75) is 25.9 Å². The Labute approximate surface area is 109 Å². The van der Waals surface area contributed by atoms with E-state index < -0.39 is 5.60 Å². The Hall–Kier alpha value is -0.570. The maximum absolute atomic E-state index is 10.5. The molecule has 0 saturated heterocycles. The first kappa shape index (κ1) is 14.5. The van der Waals surface area contributed by atoms with E-state index in [0.29, 0.717) is 6.42 Å². The van der Waals surface area contributed by atoms with Gasteiger partial charge in [0.1, 0.15) is 0 Å². The van der Waals surface area contributed by atoms with Gasteiger partial charge in [0, 0.05) is 18.0 Å². The van der Waals surface area contributed by atoms with Crippen molar-refractivity contribution in [2.24, 2.45) is 5.92 Å². The standard InChI is InChI=1S/C14H22ClNO/c1-11(10-16(3)4)14(2,17)9-12-5-7-13(15)8-6-12/h5-8,11,17H,9-10H2,1-4H3/t11-,14-/m0/s1. The molecule has 0 unspecified atom stereocenters. The average Bonchev–Trinajstić information content (AvgIpc) is 2.20. The van der Waals surface area contributed by atoms with Crippen LogP contribution >= 0.6 is 11.6 Å². The number of aliphatic hydroxyl groups is 1. The molecule has 1 aromatic rings. The average molecular weight is 256 g/mol. The van der Waals surface area contributed by atoms with Gasteiger partial charge in [-0.25, -0.2) is 0 Å². The Kier molecular flexibility index (Phi) is 4.99. The zero-order valence-corrected chi connectivity index (χ0v) is 11.8. The van der Waals surface area contributed by atoms with Gasteiger partial charge < -0.3 is 10.0 Å². The Morgan fingerprint density at radius 3 is 2.29 bits per heavy atom. The molecule has 0 radical (unpaired) electrons. The van der Waals surface area contributed by atoms with Gasteiger partial charge in [0.25, 0.3) is 0 Å². The summed E-state index contributed by atoms with van der Waals surface area (Å²) in [5.74, 6) is 0.216. The second-order valence-corrected chi connectivity index (χ2v) is 5.76. The van der Waals surface area contributed by atoms with Gasteiger partial charge >= 0.3 is 0 Å². The zero-order chi connectivity index (χ0) is 13.1. The maximum Gasteiger partial charge on any atom is 0.0697 e. The SMILES string of the molecule is C[C@@H](CN(C)C)[C@@](C)(O)Cc1ccc(Cl)cc1. The zero-order valence-electron chi connectivity index (χ0n) is 11.1. The fourth-order valence-corrected chi connectivity index (χ4v) is 2.06. The number of hydrogen-bond acceptors (Lipinski definition) is 2. The Morgan fingerprint density at radius 1 is 1.29 bits per heavy atom. The monoisotopic (exact) mass is 255 g/mol. The number of nitrogens with zero attached hydrogens (tertiary/aromatic N) is 1. The van der Waals surface area contributed by atoms with Crippen LogP contribution < -0.4 is 0 Å². The molecule has 0 aromatic heterocycles. The number of benzene rings is 1. The third kappa shape index (κ3) is 4.66. The van der Waals surface area contributed by atoms with Gasteiger partial charge in [-0.3, -0.25) is 0 Å². The summed E-state index contributed by atoms with van der Waals surface area (Å²) in [4.78, 5) is 2.10. The molecule has 1 rings (SSSR count). The normalized spacial score (nSPS) is 16.9. The van der Waals surface area contributed by atoms with Gasteiger partial charge in [-0.1, -0.05) is 30.7 Å². The summed E-state index contributed by atoms with van der Waals surface area (Å²) < 4.78 is 0. The molecule has 0 aliphatic heterocycles. The van der Waals surface area contributed by atoms with E-state index in [1.54, 1.807) is 0 Å². The summed E-state index contributed by atoms with van der Waals surface area (Å²) in [6, 6.07) is 7.67. The molecule has 0 aliphatic carbocycles. The molecule has 0 fully saturated rings. The first-order valence-corrected chi connectivity index (χ1v) is 6.30. The summed E-state index contributed by atoms with van der Waals surface area (Å²) in [6.07, 6.45) is 0.652. The molecule has 1 aromatic carbocycles. The van der Waals surface area contributed by atoms with E-state index in [0.717, 1.165) is 17.1 Å². The largest absolute Gasteiger partial charge is 0.390 e. The Morgan fingerprint density at radius 2 is 1.82 bits per heavy atom. The van der Waals surface area contributed by atoms with Crippen LogP contribution in [-0.2, 0) is 6.42 Å². The van der Waals surface area contributed by atoms with Crippen LogP contribution in [0.4, 0.5) is 0 Å². The molecular formula is C14H22ClNO. The van der Waals surface area contributed by atoms with Gasteiger partial charge in [0.2, 0.25) is 0 Å². The lowest BCUT2D eigenvalue weighted by atomic mass is 9.84. The first-order valence-electron chi connectivity index (χ1n) is 5.93. The van der Waals surface area contributed by atoms with Crippen molar-refractivity contribution in [1.82, 2.24) is 4.90 Å². The molecule has 96 valence electrons. The maximum atomic E-state index is 10.5. The summed E-state index contributed by atoms with van der Waals surface area (Å²) in [6.45, 7) is 4.85. The minimum atomic E-state index is -0.696. The van der Waals surface area contributed by atoms with Crippen LogP contribution in [0.3, 0.4) is 0 Å². The van der Waals surface area contributed by atoms with Gasteiger partial charge in [0.15, 0.2) is 0 Å². The van der Waals surface area contributed by atoms with E-state index in [1.165, 1.54) is 0 Å². The highest BCUT2D eigenvalue weighted by Crippen LogP contribution is 2.23. The van der Waals surface area contributed by atoms with Crippen LogP contribution in [0.2, 0.25) is 5.02 Å². The smallest absolute Gasteiger partial charge is 0.0697 e. The van der Waals surface area contributed by atoms with Crippen molar-refractivity contribution in [1.29, 1.82) is 0 Å². The molecule has 0 aliphatic rings. The Bertz CT molecular complexity index is 346. The molecule has 1 N–H and O–H groups in total. The van der Waals surface area contributed by atoms with Crippen LogP contribution in [0.1, 0.15) is 19.4 Å². The molecule has 0 spiro atoms. The quantitative estimate of drug-likeness (QED) is 0.875. The second kappa shape index (κ2) is 5.85. The first-order chi connectivity index (χ1) is 7.81. The van der Waals surface area contributed by atoms with E-state index in [1.807, 2.05) is 45.3 Å². The van der Waals surface area contributed by atoms with E-state index in [-0.39, 0.29) is 5.92 Å². The van der Waals surface area contributed by atoms with Crippen molar-refractivity contribution >= 4 is 11.6 Å². The highest BCUT2D eigenvalue weighted by Gasteiger charge is 2.28. The minimum absolute atomic E-state index is 0.216. The second-order valence-electron chi connectivity index (χ2n) is 5.32. The highest BCUT2D eigenvalue weighted by atomic mass is 35.5. The predicted molar refractivity (Wildman–Crippen MR) is 73.5 cm³/mol. The van der Waals surface area contributed by atoms with Gasteiger partial charge in [-0.15, -0.1) is 0 Å². The van der Waals surface area contributed by atoms with Crippen molar-refractivity contribution in [3.63, 3.8) is 0 Å². The topological polar surface area (TPSA) is 23.5 Å². The number of halogens is 1. The van der Waals surface area contributed by atoms with Crippen molar-refractivity contribution in [3.05, 3.63) is 34.9 Å². The van der Waals surface area contributed by atoms with Crippen molar-refractivity contribution < 1.29 is 5.11 Å². The lowest BCUT2D eigenvalue weighted by molar-refractivity contribution is -0.00259. The lowest BCUT2D eigenvalue weighted by Gasteiger charge is -2.32. The van der Waals surface area contributed by atoms with Crippen LogP contribution in [0.25, 0.3) is 0 Å². The molecule has 0 heterocycles. The van der Waals surface area contributed by atoms with Crippen LogP contribution in [0, 0.1) is 5.92 Å². The molecule has 0 bridgehead atoms. The highest BCUT2D eigenvalue weighted by molar-refractivity contribution is 6.30. The van der Waals surface area contributed by atoms with E-state index in [9.17, 15) is 5.11 Å². The molecule has 2 atom stereocenters. The van der Waals surface area contributed by atoms with Gasteiger partial charge in [0.05, 0.1) is 5.60 Å². The fraction of sp³-hybridized carbons (Fsp3) is 0.571. The summed E-state index contributed by atoms with van der Waals surface area (Å²) >= 11 is 5.85. The number of rotatable bonds is 5.